The molecule has 0 radical (unpaired) electrons. The zero-order valence-electron chi connectivity index (χ0n) is 11.2. The molecule has 0 atom stereocenters. The summed E-state index contributed by atoms with van der Waals surface area (Å²) in [5.74, 6) is 2.04. The van der Waals surface area contributed by atoms with Gasteiger partial charge in [0.1, 0.15) is 11.6 Å². The minimum atomic E-state index is 0.551. The van der Waals surface area contributed by atoms with Crippen LogP contribution in [0.3, 0.4) is 0 Å². The van der Waals surface area contributed by atoms with E-state index in [0.29, 0.717) is 5.82 Å². The summed E-state index contributed by atoms with van der Waals surface area (Å²) in [7, 11) is 0. The first-order valence-electron chi connectivity index (χ1n) is 6.43. The van der Waals surface area contributed by atoms with Crippen molar-refractivity contribution < 1.29 is 0 Å². The molecule has 0 aliphatic carbocycles. The van der Waals surface area contributed by atoms with Crippen LogP contribution in [0.1, 0.15) is 11.4 Å². The second-order valence-electron chi connectivity index (χ2n) is 4.64. The fourth-order valence-corrected chi connectivity index (χ4v) is 2.75. The predicted octanol–water partition coefficient (Wildman–Crippen LogP) is 3.81. The first-order valence-corrected chi connectivity index (χ1v) is 7.41. The molecule has 0 spiro atoms. The van der Waals surface area contributed by atoms with E-state index in [0.717, 1.165) is 22.5 Å². The van der Waals surface area contributed by atoms with Crippen LogP contribution in [-0.4, -0.2) is 9.97 Å². The molecule has 0 aliphatic rings. The molecule has 1 aromatic heterocycles. The van der Waals surface area contributed by atoms with Crippen molar-refractivity contribution in [1.29, 1.82) is 0 Å². The minimum absolute atomic E-state index is 0.551. The van der Waals surface area contributed by atoms with Crippen LogP contribution in [0.4, 0.5) is 5.82 Å². The van der Waals surface area contributed by atoms with Crippen molar-refractivity contribution in [3.8, 4) is 0 Å². The minimum Gasteiger partial charge on any atom is -0.383 e. The maximum atomic E-state index is 5.99. The fraction of sp³-hybridized carbons (Fsp3) is 0.125. The number of benzene rings is 2. The van der Waals surface area contributed by atoms with Gasteiger partial charge in [-0.3, -0.25) is 0 Å². The Morgan fingerprint density at radius 2 is 1.75 bits per heavy atom. The highest BCUT2D eigenvalue weighted by Crippen LogP contribution is 2.24. The maximum Gasteiger partial charge on any atom is 0.141 e. The number of anilines is 1. The second-order valence-corrected chi connectivity index (χ2v) is 5.69. The normalized spacial score (nSPS) is 10.8. The molecule has 0 saturated heterocycles. The molecule has 0 amide bonds. The third kappa shape index (κ3) is 2.75. The van der Waals surface area contributed by atoms with Gasteiger partial charge in [-0.25, -0.2) is 9.97 Å². The van der Waals surface area contributed by atoms with Crippen LogP contribution < -0.4 is 5.73 Å². The van der Waals surface area contributed by atoms with E-state index in [1.165, 1.54) is 10.5 Å². The Morgan fingerprint density at radius 1 is 1.00 bits per heavy atom. The summed E-state index contributed by atoms with van der Waals surface area (Å²) in [6.45, 7) is 2.08. The SMILES string of the molecule is Cc1ccc(SCc2nc(N)c3ccccc3n2)cc1. The lowest BCUT2D eigenvalue weighted by molar-refractivity contribution is 1.08. The van der Waals surface area contributed by atoms with Crippen LogP contribution in [0.5, 0.6) is 0 Å². The number of aryl methyl sites for hydroxylation is 1. The smallest absolute Gasteiger partial charge is 0.141 e. The van der Waals surface area contributed by atoms with E-state index in [1.54, 1.807) is 11.8 Å². The third-order valence-corrected chi connectivity index (χ3v) is 4.08. The number of hydrogen-bond donors (Lipinski definition) is 1. The molecule has 3 nitrogen and oxygen atoms in total. The van der Waals surface area contributed by atoms with E-state index in [9.17, 15) is 0 Å². The predicted molar refractivity (Wildman–Crippen MR) is 84.7 cm³/mol. The van der Waals surface area contributed by atoms with Crippen LogP contribution in [-0.2, 0) is 5.75 Å². The summed E-state index contributed by atoms with van der Waals surface area (Å²) < 4.78 is 0. The Hall–Kier alpha value is -2.07. The van der Waals surface area contributed by atoms with Gasteiger partial charge in [-0.2, -0.15) is 0 Å². The van der Waals surface area contributed by atoms with E-state index in [4.69, 9.17) is 5.73 Å². The topological polar surface area (TPSA) is 51.8 Å². The van der Waals surface area contributed by atoms with Crippen LogP contribution in [0, 0.1) is 6.92 Å². The molecule has 0 saturated carbocycles. The summed E-state index contributed by atoms with van der Waals surface area (Å²) >= 11 is 1.72. The van der Waals surface area contributed by atoms with Gasteiger partial charge in [0.15, 0.2) is 0 Å². The van der Waals surface area contributed by atoms with Gasteiger partial charge in [-0.05, 0) is 31.2 Å². The standard InChI is InChI=1S/C16H15N3S/c1-11-6-8-12(9-7-11)20-10-15-18-14-5-3-2-4-13(14)16(17)19-15/h2-9H,10H2,1H3,(H2,17,18,19). The number of aromatic nitrogens is 2. The van der Waals surface area contributed by atoms with E-state index in [-0.39, 0.29) is 0 Å². The van der Waals surface area contributed by atoms with Crippen LogP contribution >= 0.6 is 11.8 Å². The molecular formula is C16H15N3S. The van der Waals surface area contributed by atoms with Crippen molar-refractivity contribution in [2.75, 3.05) is 5.73 Å². The van der Waals surface area contributed by atoms with Crippen LogP contribution in [0.2, 0.25) is 0 Å². The number of fused-ring (bicyclic) bond motifs is 1. The van der Waals surface area contributed by atoms with Crippen LogP contribution in [0.15, 0.2) is 53.4 Å². The van der Waals surface area contributed by atoms with E-state index >= 15 is 0 Å². The molecule has 3 rings (SSSR count). The van der Waals surface area contributed by atoms with Gasteiger partial charge in [-0.1, -0.05) is 29.8 Å². The highest BCUT2D eigenvalue weighted by Gasteiger charge is 2.05. The van der Waals surface area contributed by atoms with Crippen molar-refractivity contribution in [2.45, 2.75) is 17.6 Å². The van der Waals surface area contributed by atoms with Crippen molar-refractivity contribution in [3.05, 3.63) is 59.9 Å². The number of para-hydroxylation sites is 1. The first-order chi connectivity index (χ1) is 9.72. The Morgan fingerprint density at radius 3 is 2.55 bits per heavy atom. The summed E-state index contributed by atoms with van der Waals surface area (Å²) in [5.41, 5.74) is 8.15. The molecule has 0 aliphatic heterocycles. The molecule has 20 heavy (non-hydrogen) atoms. The quantitative estimate of drug-likeness (QED) is 0.742. The molecule has 0 bridgehead atoms. The Kier molecular flexibility index (Phi) is 3.56. The Balaban J connectivity index is 1.82. The van der Waals surface area contributed by atoms with Gasteiger partial charge in [0.05, 0.1) is 11.3 Å². The number of hydrogen-bond acceptors (Lipinski definition) is 4. The Bertz CT molecular complexity index is 738. The number of nitrogens with zero attached hydrogens (tertiary/aromatic N) is 2. The lowest BCUT2D eigenvalue weighted by Gasteiger charge is -2.05. The van der Waals surface area contributed by atoms with E-state index < -0.39 is 0 Å². The van der Waals surface area contributed by atoms with Gasteiger partial charge >= 0.3 is 0 Å². The number of nitrogens with two attached hydrogens (primary N) is 1. The van der Waals surface area contributed by atoms with Crippen LogP contribution in [0.25, 0.3) is 10.9 Å². The number of thioether (sulfide) groups is 1. The summed E-state index contributed by atoms with van der Waals surface area (Å²) in [6.07, 6.45) is 0. The lowest BCUT2D eigenvalue weighted by Crippen LogP contribution is -1.99. The lowest BCUT2D eigenvalue weighted by atomic mass is 10.2. The number of rotatable bonds is 3. The molecule has 100 valence electrons. The molecule has 1 heterocycles. The van der Waals surface area contributed by atoms with Gasteiger partial charge < -0.3 is 5.73 Å². The average Bonchev–Trinajstić information content (AvgIpc) is 2.47. The van der Waals surface area contributed by atoms with Gasteiger partial charge in [-0.15, -0.1) is 11.8 Å². The zero-order chi connectivity index (χ0) is 13.9. The third-order valence-electron chi connectivity index (χ3n) is 3.07. The monoisotopic (exact) mass is 281 g/mol. The summed E-state index contributed by atoms with van der Waals surface area (Å²) in [6, 6.07) is 16.3. The van der Waals surface area contributed by atoms with Crippen molar-refractivity contribution in [3.63, 3.8) is 0 Å². The van der Waals surface area contributed by atoms with Gasteiger partial charge in [0, 0.05) is 10.3 Å². The molecule has 0 fully saturated rings. The molecule has 3 aromatic rings. The highest BCUT2D eigenvalue weighted by atomic mass is 32.2. The molecule has 4 heteroatoms. The largest absolute Gasteiger partial charge is 0.383 e. The van der Waals surface area contributed by atoms with Gasteiger partial charge in [0.25, 0.3) is 0 Å². The average molecular weight is 281 g/mol. The summed E-state index contributed by atoms with van der Waals surface area (Å²) in [4.78, 5) is 10.2. The van der Waals surface area contributed by atoms with Crippen molar-refractivity contribution in [1.82, 2.24) is 9.97 Å². The first kappa shape index (κ1) is 12.9. The zero-order valence-corrected chi connectivity index (χ0v) is 12.0. The molecule has 2 aromatic carbocycles. The second kappa shape index (κ2) is 5.51. The molecule has 2 N–H and O–H groups in total. The van der Waals surface area contributed by atoms with E-state index in [1.807, 2.05) is 24.3 Å². The molecular weight excluding hydrogens is 266 g/mol. The van der Waals surface area contributed by atoms with Crippen molar-refractivity contribution in [2.24, 2.45) is 0 Å². The number of nitrogen functional groups attached to an aromatic ring is 1. The summed E-state index contributed by atoms with van der Waals surface area (Å²) in [5, 5.41) is 0.914. The fourth-order valence-electron chi connectivity index (χ4n) is 2.00. The Labute approximate surface area is 122 Å². The highest BCUT2D eigenvalue weighted by molar-refractivity contribution is 7.98. The van der Waals surface area contributed by atoms with E-state index in [2.05, 4.69) is 41.2 Å². The molecule has 0 unspecified atom stereocenters. The maximum absolute atomic E-state index is 5.99. The van der Waals surface area contributed by atoms with Gasteiger partial charge in [0.2, 0.25) is 0 Å². The van der Waals surface area contributed by atoms with Crippen molar-refractivity contribution >= 4 is 28.5 Å².